The molecule has 0 radical (unpaired) electrons. The van der Waals surface area contributed by atoms with Gasteiger partial charge >= 0.3 is 0 Å². The molecule has 1 aliphatic rings. The molecule has 0 saturated carbocycles. The van der Waals surface area contributed by atoms with E-state index in [1.165, 1.54) is 12.8 Å². The van der Waals surface area contributed by atoms with Gasteiger partial charge in [-0.05, 0) is 37.6 Å². The van der Waals surface area contributed by atoms with E-state index in [0.717, 1.165) is 29.9 Å². The number of ether oxygens (including phenoxy) is 1. The predicted octanol–water partition coefficient (Wildman–Crippen LogP) is 3.25. The summed E-state index contributed by atoms with van der Waals surface area (Å²) in [5.41, 5.74) is 0. The standard InChI is InChI=1S/C12H16BrNO.ClH/c13-11-4-1-5-12(7-11)15-9-10-3-2-6-14-8-10;/h1,4-5,7,10,14H,2-3,6,8-9H2;1H. The quantitative estimate of drug-likeness (QED) is 0.925. The van der Waals surface area contributed by atoms with E-state index in [0.29, 0.717) is 5.92 Å². The molecule has 4 heteroatoms. The Hall–Kier alpha value is -0.250. The maximum absolute atomic E-state index is 5.76. The first-order valence-electron chi connectivity index (χ1n) is 5.44. The number of rotatable bonds is 3. The Morgan fingerprint density at radius 1 is 1.44 bits per heavy atom. The minimum absolute atomic E-state index is 0. The Morgan fingerprint density at radius 3 is 3.00 bits per heavy atom. The second-order valence-electron chi connectivity index (χ2n) is 3.98. The van der Waals surface area contributed by atoms with Crippen molar-refractivity contribution in [2.75, 3.05) is 19.7 Å². The van der Waals surface area contributed by atoms with Gasteiger partial charge in [0.1, 0.15) is 5.75 Å². The molecular weight excluding hydrogens is 289 g/mol. The van der Waals surface area contributed by atoms with Crippen LogP contribution in [0.3, 0.4) is 0 Å². The zero-order valence-corrected chi connectivity index (χ0v) is 11.5. The Kier molecular flexibility index (Phi) is 6.17. The fraction of sp³-hybridized carbons (Fsp3) is 0.500. The van der Waals surface area contributed by atoms with Crippen LogP contribution in [-0.2, 0) is 0 Å². The lowest BCUT2D eigenvalue weighted by Gasteiger charge is -2.22. The van der Waals surface area contributed by atoms with Gasteiger partial charge in [0.05, 0.1) is 6.61 Å². The molecule has 1 aromatic carbocycles. The number of nitrogens with one attached hydrogen (secondary N) is 1. The Balaban J connectivity index is 0.00000128. The van der Waals surface area contributed by atoms with Crippen molar-refractivity contribution in [3.8, 4) is 5.75 Å². The van der Waals surface area contributed by atoms with Crippen molar-refractivity contribution < 1.29 is 4.74 Å². The number of halogens is 2. The number of hydrogen-bond acceptors (Lipinski definition) is 2. The van der Waals surface area contributed by atoms with Crippen molar-refractivity contribution >= 4 is 28.3 Å². The lowest BCUT2D eigenvalue weighted by Crippen LogP contribution is -2.33. The highest BCUT2D eigenvalue weighted by Crippen LogP contribution is 2.19. The van der Waals surface area contributed by atoms with E-state index in [1.54, 1.807) is 0 Å². The molecule has 1 heterocycles. The van der Waals surface area contributed by atoms with E-state index in [2.05, 4.69) is 21.2 Å². The Labute approximate surface area is 111 Å². The number of piperidine rings is 1. The van der Waals surface area contributed by atoms with Gasteiger partial charge in [0.15, 0.2) is 0 Å². The van der Waals surface area contributed by atoms with Gasteiger partial charge in [0, 0.05) is 16.9 Å². The minimum atomic E-state index is 0. The van der Waals surface area contributed by atoms with E-state index in [1.807, 2.05) is 24.3 Å². The molecule has 0 bridgehead atoms. The average Bonchev–Trinajstić information content (AvgIpc) is 2.28. The minimum Gasteiger partial charge on any atom is -0.493 e. The Bertz CT molecular complexity index is 316. The SMILES string of the molecule is Brc1cccc(OCC2CCCNC2)c1.Cl. The summed E-state index contributed by atoms with van der Waals surface area (Å²) in [7, 11) is 0. The summed E-state index contributed by atoms with van der Waals surface area (Å²) in [6, 6.07) is 8.02. The van der Waals surface area contributed by atoms with Gasteiger partial charge in [-0.2, -0.15) is 0 Å². The maximum atomic E-state index is 5.76. The van der Waals surface area contributed by atoms with Crippen LogP contribution in [0.25, 0.3) is 0 Å². The molecule has 1 atom stereocenters. The van der Waals surface area contributed by atoms with E-state index in [4.69, 9.17) is 4.74 Å². The van der Waals surface area contributed by atoms with Crippen molar-refractivity contribution in [1.29, 1.82) is 0 Å². The second-order valence-corrected chi connectivity index (χ2v) is 4.90. The summed E-state index contributed by atoms with van der Waals surface area (Å²) in [4.78, 5) is 0. The van der Waals surface area contributed by atoms with Crippen LogP contribution in [0.1, 0.15) is 12.8 Å². The third kappa shape index (κ3) is 4.32. The normalized spacial score (nSPS) is 19.9. The molecule has 1 N–H and O–H groups in total. The molecule has 1 aromatic rings. The molecule has 2 nitrogen and oxygen atoms in total. The smallest absolute Gasteiger partial charge is 0.120 e. The first kappa shape index (κ1) is 13.8. The highest BCUT2D eigenvalue weighted by Gasteiger charge is 2.13. The summed E-state index contributed by atoms with van der Waals surface area (Å²) >= 11 is 3.44. The summed E-state index contributed by atoms with van der Waals surface area (Å²) < 4.78 is 6.83. The molecule has 0 amide bonds. The van der Waals surface area contributed by atoms with Crippen molar-refractivity contribution in [3.63, 3.8) is 0 Å². The topological polar surface area (TPSA) is 21.3 Å². The fourth-order valence-corrected chi connectivity index (χ4v) is 2.22. The summed E-state index contributed by atoms with van der Waals surface area (Å²) in [6.07, 6.45) is 2.55. The molecule has 0 aromatic heterocycles. The molecular formula is C12H17BrClNO. The van der Waals surface area contributed by atoms with Crippen LogP contribution in [0.4, 0.5) is 0 Å². The number of benzene rings is 1. The lowest BCUT2D eigenvalue weighted by molar-refractivity contribution is 0.218. The zero-order valence-electron chi connectivity index (χ0n) is 9.12. The molecule has 1 saturated heterocycles. The summed E-state index contributed by atoms with van der Waals surface area (Å²) in [6.45, 7) is 3.07. The van der Waals surface area contributed by atoms with Gasteiger partial charge in [-0.15, -0.1) is 12.4 Å². The van der Waals surface area contributed by atoms with E-state index >= 15 is 0 Å². The Morgan fingerprint density at radius 2 is 2.31 bits per heavy atom. The van der Waals surface area contributed by atoms with Gasteiger partial charge in [-0.25, -0.2) is 0 Å². The highest BCUT2D eigenvalue weighted by molar-refractivity contribution is 9.10. The highest BCUT2D eigenvalue weighted by atomic mass is 79.9. The molecule has 16 heavy (non-hydrogen) atoms. The van der Waals surface area contributed by atoms with Crippen LogP contribution in [0, 0.1) is 5.92 Å². The fourth-order valence-electron chi connectivity index (χ4n) is 1.84. The second kappa shape index (κ2) is 7.15. The molecule has 0 aliphatic carbocycles. The van der Waals surface area contributed by atoms with E-state index in [-0.39, 0.29) is 12.4 Å². The molecule has 2 rings (SSSR count). The van der Waals surface area contributed by atoms with Crippen molar-refractivity contribution in [2.24, 2.45) is 5.92 Å². The first-order chi connectivity index (χ1) is 7.34. The van der Waals surface area contributed by atoms with Crippen molar-refractivity contribution in [1.82, 2.24) is 5.32 Å². The first-order valence-corrected chi connectivity index (χ1v) is 6.23. The molecule has 90 valence electrons. The predicted molar refractivity (Wildman–Crippen MR) is 72.5 cm³/mol. The van der Waals surface area contributed by atoms with Gasteiger partial charge in [-0.1, -0.05) is 22.0 Å². The average molecular weight is 307 g/mol. The third-order valence-electron chi connectivity index (χ3n) is 2.68. The van der Waals surface area contributed by atoms with Crippen LogP contribution in [0.2, 0.25) is 0 Å². The maximum Gasteiger partial charge on any atom is 0.120 e. The zero-order chi connectivity index (χ0) is 10.5. The number of hydrogen-bond donors (Lipinski definition) is 1. The van der Waals surface area contributed by atoms with Crippen LogP contribution in [-0.4, -0.2) is 19.7 Å². The third-order valence-corrected chi connectivity index (χ3v) is 3.17. The monoisotopic (exact) mass is 305 g/mol. The largest absolute Gasteiger partial charge is 0.493 e. The van der Waals surface area contributed by atoms with E-state index < -0.39 is 0 Å². The van der Waals surface area contributed by atoms with Gasteiger partial charge < -0.3 is 10.1 Å². The van der Waals surface area contributed by atoms with E-state index in [9.17, 15) is 0 Å². The molecule has 1 aliphatic heterocycles. The molecule has 0 spiro atoms. The van der Waals surface area contributed by atoms with Crippen molar-refractivity contribution in [3.05, 3.63) is 28.7 Å². The molecule has 1 fully saturated rings. The summed E-state index contributed by atoms with van der Waals surface area (Å²) in [5.74, 6) is 1.62. The molecule has 1 unspecified atom stereocenters. The van der Waals surface area contributed by atoms with Crippen LogP contribution in [0.15, 0.2) is 28.7 Å². The van der Waals surface area contributed by atoms with Gasteiger partial charge in [-0.3, -0.25) is 0 Å². The van der Waals surface area contributed by atoms with Crippen LogP contribution < -0.4 is 10.1 Å². The van der Waals surface area contributed by atoms with Crippen molar-refractivity contribution in [2.45, 2.75) is 12.8 Å². The lowest BCUT2D eigenvalue weighted by atomic mass is 10.0. The van der Waals surface area contributed by atoms with Gasteiger partial charge in [0.25, 0.3) is 0 Å². The van der Waals surface area contributed by atoms with Crippen LogP contribution >= 0.6 is 28.3 Å². The van der Waals surface area contributed by atoms with Crippen LogP contribution in [0.5, 0.6) is 5.75 Å². The summed E-state index contributed by atoms with van der Waals surface area (Å²) in [5, 5.41) is 3.39. The van der Waals surface area contributed by atoms with Gasteiger partial charge in [0.2, 0.25) is 0 Å².